The van der Waals surface area contributed by atoms with Crippen molar-refractivity contribution in [1.29, 1.82) is 0 Å². The van der Waals surface area contributed by atoms with Gasteiger partial charge in [-0.1, -0.05) is 0 Å². The second kappa shape index (κ2) is 6.89. The highest BCUT2D eigenvalue weighted by Gasteiger charge is 2.26. The van der Waals surface area contributed by atoms with E-state index in [0.29, 0.717) is 0 Å². The van der Waals surface area contributed by atoms with Gasteiger partial charge in [-0.25, -0.2) is 9.97 Å². The standard InChI is InChI=1S/C18H22N4OS/c23-17(16-15-6-2-1-5-14(15)13-24-16)21-9-4-10-22(12-11-21)18-19-7-3-8-20-18/h3,7-8,13H,1-2,4-6,9-12H2. The molecule has 2 aliphatic rings. The summed E-state index contributed by atoms with van der Waals surface area (Å²) in [6.07, 6.45) is 9.17. The summed E-state index contributed by atoms with van der Waals surface area (Å²) >= 11 is 1.64. The molecule has 0 saturated carbocycles. The molecule has 0 unspecified atom stereocenters. The van der Waals surface area contributed by atoms with Gasteiger partial charge in [0.05, 0.1) is 4.88 Å². The lowest BCUT2D eigenvalue weighted by Gasteiger charge is -2.22. The van der Waals surface area contributed by atoms with Crippen molar-refractivity contribution in [2.75, 3.05) is 31.1 Å². The molecule has 0 aromatic carbocycles. The first-order valence-electron chi connectivity index (χ1n) is 8.73. The number of aryl methyl sites for hydroxylation is 1. The van der Waals surface area contributed by atoms with Crippen LogP contribution in [0, 0.1) is 0 Å². The van der Waals surface area contributed by atoms with E-state index in [9.17, 15) is 4.79 Å². The van der Waals surface area contributed by atoms with Crippen LogP contribution in [0.15, 0.2) is 23.8 Å². The largest absolute Gasteiger partial charge is 0.339 e. The Kier molecular flexibility index (Phi) is 4.47. The number of hydrogen-bond donors (Lipinski definition) is 0. The summed E-state index contributed by atoms with van der Waals surface area (Å²) in [5.74, 6) is 0.985. The molecule has 2 aromatic heterocycles. The molecule has 1 aliphatic carbocycles. The maximum absolute atomic E-state index is 13.0. The van der Waals surface area contributed by atoms with Crippen LogP contribution in [0.2, 0.25) is 0 Å². The summed E-state index contributed by atoms with van der Waals surface area (Å²) in [6.45, 7) is 3.25. The van der Waals surface area contributed by atoms with Crippen LogP contribution < -0.4 is 4.90 Å². The highest BCUT2D eigenvalue weighted by atomic mass is 32.1. The molecule has 4 rings (SSSR count). The van der Waals surface area contributed by atoms with Gasteiger partial charge in [-0.15, -0.1) is 11.3 Å². The Hall–Kier alpha value is -1.95. The quantitative estimate of drug-likeness (QED) is 0.842. The summed E-state index contributed by atoms with van der Waals surface area (Å²) in [7, 11) is 0. The van der Waals surface area contributed by atoms with Gasteiger partial charge < -0.3 is 9.80 Å². The van der Waals surface area contributed by atoms with E-state index in [2.05, 4.69) is 20.2 Å². The first-order chi connectivity index (χ1) is 11.8. The summed E-state index contributed by atoms with van der Waals surface area (Å²) in [4.78, 5) is 26.9. The van der Waals surface area contributed by atoms with Crippen molar-refractivity contribution >= 4 is 23.2 Å². The van der Waals surface area contributed by atoms with Gasteiger partial charge in [0.2, 0.25) is 5.95 Å². The van der Waals surface area contributed by atoms with Crippen LogP contribution in [0.5, 0.6) is 0 Å². The molecule has 126 valence electrons. The first kappa shape index (κ1) is 15.6. The summed E-state index contributed by atoms with van der Waals surface area (Å²) < 4.78 is 0. The predicted octanol–water partition coefficient (Wildman–Crippen LogP) is 2.77. The molecular formula is C18H22N4OS. The van der Waals surface area contributed by atoms with Gasteiger partial charge in [-0.2, -0.15) is 0 Å². The average Bonchev–Trinajstić information content (AvgIpc) is 2.91. The van der Waals surface area contributed by atoms with Crippen molar-refractivity contribution in [3.05, 3.63) is 39.8 Å². The highest BCUT2D eigenvalue weighted by molar-refractivity contribution is 7.12. The Morgan fingerprint density at radius 1 is 1.00 bits per heavy atom. The number of carbonyl (C=O) groups excluding carboxylic acids is 1. The number of anilines is 1. The van der Waals surface area contributed by atoms with E-state index < -0.39 is 0 Å². The Labute approximate surface area is 146 Å². The van der Waals surface area contributed by atoms with Crippen LogP contribution in [0.3, 0.4) is 0 Å². The maximum atomic E-state index is 13.0. The molecule has 2 aromatic rings. The second-order valence-electron chi connectivity index (χ2n) is 6.46. The fourth-order valence-corrected chi connectivity index (χ4v) is 4.74. The van der Waals surface area contributed by atoms with Crippen LogP contribution in [0.4, 0.5) is 5.95 Å². The van der Waals surface area contributed by atoms with E-state index in [1.54, 1.807) is 23.7 Å². The molecule has 6 heteroatoms. The van der Waals surface area contributed by atoms with Crippen LogP contribution in [0.1, 0.15) is 40.1 Å². The fraction of sp³-hybridized carbons (Fsp3) is 0.500. The van der Waals surface area contributed by atoms with Gasteiger partial charge in [-0.3, -0.25) is 4.79 Å². The molecule has 0 spiro atoms. The zero-order valence-corrected chi connectivity index (χ0v) is 14.6. The molecule has 1 amide bonds. The SMILES string of the molecule is O=C(c1scc2c1CCCC2)N1CCCN(c2ncccn2)CC1. The number of rotatable bonds is 2. The normalized spacial score (nSPS) is 18.2. The van der Waals surface area contributed by atoms with Crippen molar-refractivity contribution in [3.8, 4) is 0 Å². The van der Waals surface area contributed by atoms with E-state index in [4.69, 9.17) is 0 Å². The number of aromatic nitrogens is 2. The molecule has 1 fully saturated rings. The van der Waals surface area contributed by atoms with Crippen LogP contribution in [-0.2, 0) is 12.8 Å². The van der Waals surface area contributed by atoms with Crippen molar-refractivity contribution in [2.24, 2.45) is 0 Å². The Balaban J connectivity index is 1.47. The Morgan fingerprint density at radius 2 is 1.83 bits per heavy atom. The lowest BCUT2D eigenvalue weighted by molar-refractivity contribution is 0.0770. The third-order valence-electron chi connectivity index (χ3n) is 4.92. The van der Waals surface area contributed by atoms with Crippen molar-refractivity contribution in [3.63, 3.8) is 0 Å². The van der Waals surface area contributed by atoms with Crippen molar-refractivity contribution < 1.29 is 4.79 Å². The third-order valence-corrected chi connectivity index (χ3v) is 5.98. The molecule has 0 N–H and O–H groups in total. The first-order valence-corrected chi connectivity index (χ1v) is 9.61. The molecule has 1 aliphatic heterocycles. The second-order valence-corrected chi connectivity index (χ2v) is 7.34. The average molecular weight is 342 g/mol. The Bertz CT molecular complexity index is 715. The molecule has 0 bridgehead atoms. The minimum Gasteiger partial charge on any atom is -0.339 e. The summed E-state index contributed by atoms with van der Waals surface area (Å²) in [5.41, 5.74) is 2.73. The minimum atomic E-state index is 0.221. The monoisotopic (exact) mass is 342 g/mol. The minimum absolute atomic E-state index is 0.221. The highest BCUT2D eigenvalue weighted by Crippen LogP contribution is 2.31. The topological polar surface area (TPSA) is 49.3 Å². The fourth-order valence-electron chi connectivity index (χ4n) is 3.62. The smallest absolute Gasteiger partial charge is 0.264 e. The van der Waals surface area contributed by atoms with E-state index in [0.717, 1.165) is 56.3 Å². The molecular weight excluding hydrogens is 320 g/mol. The predicted molar refractivity (Wildman–Crippen MR) is 95.7 cm³/mol. The van der Waals surface area contributed by atoms with Gasteiger partial charge in [0.1, 0.15) is 0 Å². The summed E-state index contributed by atoms with van der Waals surface area (Å²) in [6, 6.07) is 1.83. The molecule has 24 heavy (non-hydrogen) atoms. The van der Waals surface area contributed by atoms with Gasteiger partial charge in [-0.05, 0) is 54.7 Å². The zero-order chi connectivity index (χ0) is 16.4. The van der Waals surface area contributed by atoms with E-state index in [-0.39, 0.29) is 5.91 Å². The number of thiophene rings is 1. The number of hydrogen-bond acceptors (Lipinski definition) is 5. The van der Waals surface area contributed by atoms with E-state index >= 15 is 0 Å². The molecule has 5 nitrogen and oxygen atoms in total. The van der Waals surface area contributed by atoms with Crippen molar-refractivity contribution in [1.82, 2.24) is 14.9 Å². The molecule has 0 radical (unpaired) electrons. The Morgan fingerprint density at radius 3 is 2.71 bits per heavy atom. The van der Waals surface area contributed by atoms with Gasteiger partial charge in [0, 0.05) is 38.6 Å². The molecule has 0 atom stereocenters. The van der Waals surface area contributed by atoms with Crippen LogP contribution in [-0.4, -0.2) is 47.0 Å². The van der Waals surface area contributed by atoms with Gasteiger partial charge in [0.15, 0.2) is 0 Å². The van der Waals surface area contributed by atoms with Gasteiger partial charge in [0.25, 0.3) is 5.91 Å². The van der Waals surface area contributed by atoms with E-state index in [1.807, 2.05) is 11.0 Å². The summed E-state index contributed by atoms with van der Waals surface area (Å²) in [5, 5.41) is 2.20. The number of nitrogens with zero attached hydrogens (tertiary/aromatic N) is 4. The lowest BCUT2D eigenvalue weighted by Crippen LogP contribution is -2.35. The van der Waals surface area contributed by atoms with Crippen molar-refractivity contribution in [2.45, 2.75) is 32.1 Å². The molecule has 1 saturated heterocycles. The number of carbonyl (C=O) groups is 1. The number of amides is 1. The van der Waals surface area contributed by atoms with Crippen LogP contribution in [0.25, 0.3) is 0 Å². The zero-order valence-electron chi connectivity index (χ0n) is 13.8. The van der Waals surface area contributed by atoms with E-state index in [1.165, 1.54) is 24.0 Å². The van der Waals surface area contributed by atoms with Crippen LogP contribution >= 0.6 is 11.3 Å². The third kappa shape index (κ3) is 3.02. The number of fused-ring (bicyclic) bond motifs is 1. The van der Waals surface area contributed by atoms with Gasteiger partial charge >= 0.3 is 0 Å². The molecule has 3 heterocycles. The maximum Gasteiger partial charge on any atom is 0.264 e. The lowest BCUT2D eigenvalue weighted by atomic mass is 9.93.